The normalized spacial score (nSPS) is 26.1. The van der Waals surface area contributed by atoms with Gasteiger partial charge in [0, 0.05) is 30.9 Å². The Balaban J connectivity index is 1.74. The summed E-state index contributed by atoms with van der Waals surface area (Å²) in [5, 5.41) is 9.50. The largest absolute Gasteiger partial charge is 0.492 e. The number of nitrogens with zero attached hydrogens (tertiary/aromatic N) is 2. The van der Waals surface area contributed by atoms with E-state index < -0.39 is 17.2 Å². The number of anilines is 1. The zero-order valence-electron chi connectivity index (χ0n) is 17.0. The summed E-state index contributed by atoms with van der Waals surface area (Å²) >= 11 is 0. The van der Waals surface area contributed by atoms with E-state index in [4.69, 9.17) is 10.5 Å². The third-order valence-electron chi connectivity index (χ3n) is 7.07. The Hall–Kier alpha value is -2.61. The smallest absolute Gasteiger partial charge is 0.341 e. The summed E-state index contributed by atoms with van der Waals surface area (Å²) in [6, 6.07) is 1.26. The van der Waals surface area contributed by atoms with Gasteiger partial charge >= 0.3 is 5.97 Å². The minimum Gasteiger partial charge on any atom is -0.492 e. The molecule has 2 aliphatic carbocycles. The maximum Gasteiger partial charge on any atom is 0.341 e. The van der Waals surface area contributed by atoms with Crippen molar-refractivity contribution >= 4 is 22.6 Å². The topological polar surface area (TPSA) is 97.8 Å². The van der Waals surface area contributed by atoms with Crippen molar-refractivity contribution in [1.29, 1.82) is 0 Å². The number of halogens is 1. The lowest BCUT2D eigenvalue weighted by Crippen LogP contribution is -2.49. The third-order valence-corrected chi connectivity index (χ3v) is 7.07. The third kappa shape index (κ3) is 2.80. The number of pyridine rings is 1. The van der Waals surface area contributed by atoms with Gasteiger partial charge in [0.2, 0.25) is 5.43 Å². The maximum absolute atomic E-state index is 15.4. The molecule has 0 amide bonds. The zero-order valence-corrected chi connectivity index (χ0v) is 17.0. The van der Waals surface area contributed by atoms with Gasteiger partial charge in [-0.3, -0.25) is 4.79 Å². The lowest BCUT2D eigenvalue weighted by Gasteiger charge is -2.34. The van der Waals surface area contributed by atoms with E-state index in [1.54, 1.807) is 4.57 Å². The van der Waals surface area contributed by atoms with Crippen molar-refractivity contribution in [2.75, 3.05) is 25.1 Å². The minimum absolute atomic E-state index is 0.0407. The van der Waals surface area contributed by atoms with Gasteiger partial charge in [0.25, 0.3) is 0 Å². The van der Waals surface area contributed by atoms with Gasteiger partial charge in [0.05, 0.1) is 18.0 Å². The molecule has 0 unspecified atom stereocenters. The molecule has 1 aromatic heterocycles. The summed E-state index contributed by atoms with van der Waals surface area (Å²) in [5.74, 6) is -1.31. The van der Waals surface area contributed by atoms with Gasteiger partial charge in [-0.15, -0.1) is 0 Å². The average molecular weight is 415 g/mol. The molecule has 2 atom stereocenters. The SMILES string of the molecule is COc1c(N2C[C@@H]3CCCC[C@]3(N)C2)c(F)cc2c(=O)c(C(=O)O)cn(C3CC3)c12. The lowest BCUT2D eigenvalue weighted by atomic mass is 9.76. The molecule has 2 aromatic rings. The van der Waals surface area contributed by atoms with Crippen LogP contribution in [0.15, 0.2) is 17.1 Å². The van der Waals surface area contributed by atoms with Crippen molar-refractivity contribution in [1.82, 2.24) is 4.57 Å². The van der Waals surface area contributed by atoms with Crippen LogP contribution in [0.4, 0.5) is 10.1 Å². The highest BCUT2D eigenvalue weighted by Crippen LogP contribution is 2.47. The summed E-state index contributed by atoms with van der Waals surface area (Å²) < 4.78 is 22.9. The van der Waals surface area contributed by atoms with Crippen LogP contribution < -0.4 is 20.8 Å². The number of aromatic nitrogens is 1. The molecular formula is C22H26FN3O4. The fourth-order valence-corrected chi connectivity index (χ4v) is 5.40. The van der Waals surface area contributed by atoms with Crippen LogP contribution >= 0.6 is 0 Å². The van der Waals surface area contributed by atoms with Crippen LogP contribution in [-0.2, 0) is 0 Å². The molecule has 1 aromatic carbocycles. The van der Waals surface area contributed by atoms with E-state index in [0.717, 1.165) is 38.5 Å². The Bertz CT molecular complexity index is 1110. The Morgan fingerprint density at radius 1 is 1.33 bits per heavy atom. The number of hydrogen-bond acceptors (Lipinski definition) is 5. The molecule has 30 heavy (non-hydrogen) atoms. The molecule has 3 fully saturated rings. The first-order valence-corrected chi connectivity index (χ1v) is 10.6. The van der Waals surface area contributed by atoms with Gasteiger partial charge in [0.1, 0.15) is 11.3 Å². The van der Waals surface area contributed by atoms with Gasteiger partial charge < -0.3 is 25.0 Å². The molecule has 1 aliphatic heterocycles. The second-order valence-electron chi connectivity index (χ2n) is 9.01. The zero-order chi connectivity index (χ0) is 21.2. The number of rotatable bonds is 4. The van der Waals surface area contributed by atoms with Gasteiger partial charge in [-0.1, -0.05) is 12.8 Å². The highest BCUT2D eigenvalue weighted by molar-refractivity contribution is 5.97. The number of ether oxygens (including phenoxy) is 1. The number of methoxy groups -OCH3 is 1. The lowest BCUT2D eigenvalue weighted by molar-refractivity contribution is 0.0695. The molecule has 8 heteroatoms. The summed E-state index contributed by atoms with van der Waals surface area (Å²) in [5.41, 5.74) is 6.09. The summed E-state index contributed by atoms with van der Waals surface area (Å²) in [4.78, 5) is 26.4. The molecule has 5 rings (SSSR count). The van der Waals surface area contributed by atoms with Crippen molar-refractivity contribution in [3.63, 3.8) is 0 Å². The number of carboxylic acid groups (broad SMARTS) is 1. The van der Waals surface area contributed by atoms with E-state index >= 15 is 4.39 Å². The number of carboxylic acids is 1. The second-order valence-corrected chi connectivity index (χ2v) is 9.01. The van der Waals surface area contributed by atoms with E-state index in [9.17, 15) is 14.7 Å². The predicted molar refractivity (Wildman–Crippen MR) is 111 cm³/mol. The molecule has 0 spiro atoms. The molecule has 0 radical (unpaired) electrons. The first-order valence-electron chi connectivity index (χ1n) is 10.6. The van der Waals surface area contributed by atoms with Gasteiger partial charge in [-0.05, 0) is 37.7 Å². The molecule has 2 heterocycles. The first kappa shape index (κ1) is 19.4. The molecule has 160 valence electrons. The summed E-state index contributed by atoms with van der Waals surface area (Å²) in [6.07, 6.45) is 7.29. The highest BCUT2D eigenvalue weighted by Gasteiger charge is 2.46. The van der Waals surface area contributed by atoms with Gasteiger partial charge in [-0.2, -0.15) is 0 Å². The van der Waals surface area contributed by atoms with E-state index in [0.29, 0.717) is 30.2 Å². The van der Waals surface area contributed by atoms with Gasteiger partial charge in [0.15, 0.2) is 11.6 Å². The van der Waals surface area contributed by atoms with Crippen LogP contribution in [0.5, 0.6) is 5.75 Å². The van der Waals surface area contributed by atoms with Crippen LogP contribution in [0.2, 0.25) is 0 Å². The number of fused-ring (bicyclic) bond motifs is 2. The van der Waals surface area contributed by atoms with E-state index in [-0.39, 0.29) is 28.3 Å². The number of hydrogen-bond donors (Lipinski definition) is 2. The van der Waals surface area contributed by atoms with Crippen molar-refractivity contribution in [3.05, 3.63) is 33.9 Å². The minimum atomic E-state index is -1.31. The monoisotopic (exact) mass is 415 g/mol. The summed E-state index contributed by atoms with van der Waals surface area (Å²) in [6.45, 7) is 1.19. The van der Waals surface area contributed by atoms with Crippen LogP contribution in [0.1, 0.15) is 54.9 Å². The van der Waals surface area contributed by atoms with Crippen molar-refractivity contribution < 1.29 is 19.0 Å². The van der Waals surface area contributed by atoms with Crippen molar-refractivity contribution in [2.24, 2.45) is 11.7 Å². The molecule has 2 saturated carbocycles. The molecule has 0 bridgehead atoms. The Kier molecular flexibility index (Phi) is 4.32. The predicted octanol–water partition coefficient (Wildman–Crippen LogP) is 2.89. The quantitative estimate of drug-likeness (QED) is 0.797. The number of carbonyl (C=O) groups is 1. The maximum atomic E-state index is 15.4. The van der Waals surface area contributed by atoms with Crippen LogP contribution in [-0.4, -0.2) is 41.4 Å². The van der Waals surface area contributed by atoms with Crippen molar-refractivity contribution in [2.45, 2.75) is 50.1 Å². The Morgan fingerprint density at radius 2 is 2.10 bits per heavy atom. The number of nitrogens with two attached hydrogens (primary N) is 1. The van der Waals surface area contributed by atoms with Crippen LogP contribution in [0.25, 0.3) is 10.9 Å². The summed E-state index contributed by atoms with van der Waals surface area (Å²) in [7, 11) is 1.46. The number of benzene rings is 1. The van der Waals surface area contributed by atoms with Crippen LogP contribution in [0, 0.1) is 11.7 Å². The Labute approximate surface area is 173 Å². The molecule has 3 aliphatic rings. The van der Waals surface area contributed by atoms with Crippen molar-refractivity contribution in [3.8, 4) is 5.75 Å². The molecule has 3 N–H and O–H groups in total. The van der Waals surface area contributed by atoms with Crippen LogP contribution in [0.3, 0.4) is 0 Å². The molecular weight excluding hydrogens is 389 g/mol. The highest BCUT2D eigenvalue weighted by atomic mass is 19.1. The number of aromatic carboxylic acids is 1. The van der Waals surface area contributed by atoms with E-state index in [2.05, 4.69) is 0 Å². The fraction of sp³-hybridized carbons (Fsp3) is 0.545. The standard InChI is InChI=1S/C22H26FN3O4/c1-30-20-17-14(19(27)15(21(28)29)10-26(17)13-5-6-13)8-16(23)18(20)25-9-12-4-2-3-7-22(12,24)11-25/h8,10,12-13H,2-7,9,11,24H2,1H3,(H,28,29)/t12-,22-/m0/s1. The molecule has 1 saturated heterocycles. The van der Waals surface area contributed by atoms with Gasteiger partial charge in [-0.25, -0.2) is 9.18 Å². The van der Waals surface area contributed by atoms with E-state index in [1.807, 2.05) is 4.90 Å². The Morgan fingerprint density at radius 3 is 2.73 bits per heavy atom. The first-order chi connectivity index (χ1) is 14.3. The molecule has 7 nitrogen and oxygen atoms in total. The average Bonchev–Trinajstić information content (AvgIpc) is 3.48. The van der Waals surface area contributed by atoms with E-state index in [1.165, 1.54) is 19.4 Å². The fourth-order valence-electron chi connectivity index (χ4n) is 5.40. The second kappa shape index (κ2) is 6.70.